The summed E-state index contributed by atoms with van der Waals surface area (Å²) < 4.78 is 0. The lowest BCUT2D eigenvalue weighted by Gasteiger charge is -2.18. The summed E-state index contributed by atoms with van der Waals surface area (Å²) in [4.78, 5) is 11.8. The van der Waals surface area contributed by atoms with Crippen molar-refractivity contribution in [3.8, 4) is 0 Å². The summed E-state index contributed by atoms with van der Waals surface area (Å²) in [5.41, 5.74) is 2.69. The van der Waals surface area contributed by atoms with E-state index in [2.05, 4.69) is 55.7 Å². The molecule has 19 heavy (non-hydrogen) atoms. The van der Waals surface area contributed by atoms with Crippen molar-refractivity contribution in [1.29, 1.82) is 0 Å². The summed E-state index contributed by atoms with van der Waals surface area (Å²) in [5.74, 6) is 0.679. The molecule has 2 N–H and O–H groups in total. The Bertz CT molecular complexity index is 448. The van der Waals surface area contributed by atoms with Crippen molar-refractivity contribution in [3.05, 3.63) is 29.8 Å². The van der Waals surface area contributed by atoms with Gasteiger partial charge in [-0.05, 0) is 23.5 Å². The highest BCUT2D eigenvalue weighted by Crippen LogP contribution is 2.32. The minimum Gasteiger partial charge on any atom is -0.384 e. The number of benzene rings is 1. The Morgan fingerprint density at radius 3 is 2.84 bits per heavy atom. The third kappa shape index (κ3) is 3.98. The average molecular weight is 260 g/mol. The van der Waals surface area contributed by atoms with Crippen LogP contribution in [0.25, 0.3) is 0 Å². The zero-order valence-corrected chi connectivity index (χ0v) is 12.1. The molecule has 1 aliphatic heterocycles. The molecule has 0 aliphatic carbocycles. The number of amides is 1. The van der Waals surface area contributed by atoms with E-state index in [1.165, 1.54) is 11.3 Å². The Kier molecular flexibility index (Phi) is 4.13. The van der Waals surface area contributed by atoms with E-state index < -0.39 is 0 Å². The SMILES string of the molecule is CC(C)(C)CC(=O)NCCC1CNc2ccccc21. The lowest BCUT2D eigenvalue weighted by molar-refractivity contribution is -0.122. The standard InChI is InChI=1S/C16H24N2O/c1-16(2,3)10-15(19)17-9-8-12-11-18-14-7-5-4-6-13(12)14/h4-7,12,18H,8-11H2,1-3H3,(H,17,19). The molecular weight excluding hydrogens is 236 g/mol. The van der Waals surface area contributed by atoms with E-state index in [0.717, 1.165) is 19.5 Å². The van der Waals surface area contributed by atoms with Gasteiger partial charge in [0.15, 0.2) is 0 Å². The van der Waals surface area contributed by atoms with E-state index in [0.29, 0.717) is 12.3 Å². The van der Waals surface area contributed by atoms with Gasteiger partial charge < -0.3 is 10.6 Å². The van der Waals surface area contributed by atoms with Crippen molar-refractivity contribution in [3.63, 3.8) is 0 Å². The molecule has 0 radical (unpaired) electrons. The van der Waals surface area contributed by atoms with Crippen molar-refractivity contribution >= 4 is 11.6 Å². The van der Waals surface area contributed by atoms with Crippen LogP contribution in [0, 0.1) is 5.41 Å². The second-order valence-corrected chi connectivity index (χ2v) is 6.54. The van der Waals surface area contributed by atoms with Crippen LogP contribution in [0.1, 0.15) is 45.1 Å². The molecule has 104 valence electrons. The molecule has 0 bridgehead atoms. The summed E-state index contributed by atoms with van der Waals surface area (Å²) in [6.45, 7) is 8.00. The maximum Gasteiger partial charge on any atom is 0.220 e. The molecule has 1 aliphatic rings. The number of carbonyl (C=O) groups excluding carboxylic acids is 1. The molecule has 1 aromatic rings. The van der Waals surface area contributed by atoms with Gasteiger partial charge in [0.05, 0.1) is 0 Å². The fraction of sp³-hybridized carbons (Fsp3) is 0.562. The van der Waals surface area contributed by atoms with Crippen LogP contribution in [0.15, 0.2) is 24.3 Å². The van der Waals surface area contributed by atoms with Gasteiger partial charge >= 0.3 is 0 Å². The van der Waals surface area contributed by atoms with Crippen LogP contribution in [0.4, 0.5) is 5.69 Å². The van der Waals surface area contributed by atoms with Crippen LogP contribution in [-0.4, -0.2) is 19.0 Å². The van der Waals surface area contributed by atoms with E-state index >= 15 is 0 Å². The Morgan fingerprint density at radius 1 is 1.37 bits per heavy atom. The van der Waals surface area contributed by atoms with Crippen LogP contribution in [0.3, 0.4) is 0 Å². The van der Waals surface area contributed by atoms with Gasteiger partial charge in [0, 0.05) is 31.1 Å². The molecule has 1 atom stereocenters. The summed E-state index contributed by atoms with van der Waals surface area (Å²) in [6.07, 6.45) is 1.59. The van der Waals surface area contributed by atoms with Crippen LogP contribution >= 0.6 is 0 Å². The van der Waals surface area contributed by atoms with E-state index in [9.17, 15) is 4.79 Å². The molecule has 0 aromatic heterocycles. The number of hydrogen-bond acceptors (Lipinski definition) is 2. The minimum absolute atomic E-state index is 0.0611. The first kappa shape index (κ1) is 13.9. The first-order chi connectivity index (χ1) is 8.96. The number of carbonyl (C=O) groups is 1. The quantitative estimate of drug-likeness (QED) is 0.873. The van der Waals surface area contributed by atoms with Crippen molar-refractivity contribution in [2.45, 2.75) is 39.5 Å². The number of para-hydroxylation sites is 1. The molecule has 0 saturated carbocycles. The zero-order valence-electron chi connectivity index (χ0n) is 12.1. The first-order valence-corrected chi connectivity index (χ1v) is 7.05. The zero-order chi connectivity index (χ0) is 13.9. The minimum atomic E-state index is 0.0611. The molecule has 2 rings (SSSR count). The Morgan fingerprint density at radius 2 is 2.11 bits per heavy atom. The molecule has 3 heteroatoms. The number of nitrogens with one attached hydrogen (secondary N) is 2. The van der Waals surface area contributed by atoms with Gasteiger partial charge in [-0.25, -0.2) is 0 Å². The van der Waals surface area contributed by atoms with E-state index in [1.54, 1.807) is 0 Å². The molecule has 1 amide bonds. The van der Waals surface area contributed by atoms with Crippen LogP contribution < -0.4 is 10.6 Å². The molecule has 1 unspecified atom stereocenters. The van der Waals surface area contributed by atoms with Gasteiger partial charge in [-0.3, -0.25) is 4.79 Å². The van der Waals surface area contributed by atoms with Gasteiger partial charge in [-0.1, -0.05) is 39.0 Å². The van der Waals surface area contributed by atoms with E-state index in [4.69, 9.17) is 0 Å². The Balaban J connectivity index is 1.77. The highest BCUT2D eigenvalue weighted by molar-refractivity contribution is 5.76. The molecule has 0 spiro atoms. The van der Waals surface area contributed by atoms with Crippen LogP contribution in [-0.2, 0) is 4.79 Å². The molecule has 1 aromatic carbocycles. The van der Waals surface area contributed by atoms with Crippen molar-refractivity contribution < 1.29 is 4.79 Å². The van der Waals surface area contributed by atoms with Gasteiger partial charge in [-0.2, -0.15) is 0 Å². The fourth-order valence-electron chi connectivity index (χ4n) is 2.54. The molecule has 0 saturated heterocycles. The van der Waals surface area contributed by atoms with Crippen LogP contribution in [0.5, 0.6) is 0 Å². The first-order valence-electron chi connectivity index (χ1n) is 7.05. The number of rotatable bonds is 4. The highest BCUT2D eigenvalue weighted by Gasteiger charge is 2.21. The van der Waals surface area contributed by atoms with Gasteiger partial charge in [-0.15, -0.1) is 0 Å². The van der Waals surface area contributed by atoms with Gasteiger partial charge in [0.25, 0.3) is 0 Å². The largest absolute Gasteiger partial charge is 0.384 e. The Labute approximate surface area is 115 Å². The summed E-state index contributed by atoms with van der Waals surface area (Å²) in [5, 5.41) is 6.44. The second kappa shape index (κ2) is 5.64. The third-order valence-corrected chi connectivity index (χ3v) is 3.45. The fourth-order valence-corrected chi connectivity index (χ4v) is 2.54. The summed E-state index contributed by atoms with van der Waals surface area (Å²) >= 11 is 0. The maximum absolute atomic E-state index is 11.8. The van der Waals surface area contributed by atoms with Crippen molar-refractivity contribution in [2.75, 3.05) is 18.4 Å². The van der Waals surface area contributed by atoms with Gasteiger partial charge in [0.2, 0.25) is 5.91 Å². The molecular formula is C16H24N2O. The summed E-state index contributed by atoms with van der Waals surface area (Å²) in [6, 6.07) is 8.43. The lowest BCUT2D eigenvalue weighted by Crippen LogP contribution is -2.29. The average Bonchev–Trinajstić information content (AvgIpc) is 2.70. The van der Waals surface area contributed by atoms with Gasteiger partial charge in [0.1, 0.15) is 0 Å². The monoisotopic (exact) mass is 260 g/mol. The topological polar surface area (TPSA) is 41.1 Å². The lowest BCUT2D eigenvalue weighted by atomic mass is 9.92. The van der Waals surface area contributed by atoms with E-state index in [-0.39, 0.29) is 11.3 Å². The summed E-state index contributed by atoms with van der Waals surface area (Å²) in [7, 11) is 0. The molecule has 0 fully saturated rings. The van der Waals surface area contributed by atoms with Crippen LogP contribution in [0.2, 0.25) is 0 Å². The Hall–Kier alpha value is -1.51. The normalized spacial score (nSPS) is 17.7. The van der Waals surface area contributed by atoms with Crippen molar-refractivity contribution in [1.82, 2.24) is 5.32 Å². The highest BCUT2D eigenvalue weighted by atomic mass is 16.1. The van der Waals surface area contributed by atoms with E-state index in [1.807, 2.05) is 0 Å². The number of fused-ring (bicyclic) bond motifs is 1. The molecule has 3 nitrogen and oxygen atoms in total. The number of anilines is 1. The molecule has 1 heterocycles. The third-order valence-electron chi connectivity index (χ3n) is 3.45. The number of hydrogen-bond donors (Lipinski definition) is 2. The smallest absolute Gasteiger partial charge is 0.220 e. The van der Waals surface area contributed by atoms with Crippen molar-refractivity contribution in [2.24, 2.45) is 5.41 Å². The second-order valence-electron chi connectivity index (χ2n) is 6.54. The maximum atomic E-state index is 11.8. The predicted octanol–water partition coefficient (Wildman–Crippen LogP) is 3.14. The predicted molar refractivity (Wildman–Crippen MR) is 79.4 cm³/mol.